The summed E-state index contributed by atoms with van der Waals surface area (Å²) in [6, 6.07) is 27.8. The molecule has 0 aliphatic rings. The maximum atomic E-state index is 13.0. The van der Waals surface area contributed by atoms with Crippen LogP contribution in [0.3, 0.4) is 0 Å². The molecule has 5 aromatic rings. The van der Waals surface area contributed by atoms with Gasteiger partial charge < -0.3 is 5.32 Å². The minimum Gasteiger partial charge on any atom is -0.325 e. The Kier molecular flexibility index (Phi) is 6.59. The molecule has 0 unspecified atom stereocenters. The molecule has 0 aliphatic heterocycles. The van der Waals surface area contributed by atoms with Crippen molar-refractivity contribution in [2.24, 2.45) is 0 Å². The number of thioether (sulfide) groups is 1. The molecule has 2 heterocycles. The molecule has 0 saturated heterocycles. The fraction of sp³-hybridized carbons (Fsp3) is 0.143. The van der Waals surface area contributed by atoms with E-state index in [1.165, 1.54) is 11.8 Å². The van der Waals surface area contributed by atoms with Crippen molar-refractivity contribution in [3.05, 3.63) is 97.0 Å². The van der Waals surface area contributed by atoms with Gasteiger partial charge in [-0.25, -0.2) is 14.6 Å². The molecule has 2 aromatic heterocycles. The van der Waals surface area contributed by atoms with Gasteiger partial charge in [-0.05, 0) is 23.8 Å². The zero-order valence-corrected chi connectivity index (χ0v) is 20.4. The average Bonchev–Trinajstić information content (AvgIpc) is 3.33. The number of carbonyl (C=O) groups excluding carboxylic acids is 1. The predicted molar refractivity (Wildman–Crippen MR) is 142 cm³/mol. The molecule has 0 aliphatic carbocycles. The van der Waals surface area contributed by atoms with E-state index >= 15 is 0 Å². The molecule has 174 valence electrons. The third-order valence-corrected chi connectivity index (χ3v) is 6.55. The summed E-state index contributed by atoms with van der Waals surface area (Å²) in [5.41, 5.74) is 4.51. The summed E-state index contributed by atoms with van der Waals surface area (Å²) in [7, 11) is 0. The highest BCUT2D eigenvalue weighted by molar-refractivity contribution is 8.00. The first-order chi connectivity index (χ1) is 17.1. The first-order valence-electron chi connectivity index (χ1n) is 11.5. The van der Waals surface area contributed by atoms with Crippen LogP contribution in [0.2, 0.25) is 0 Å². The highest BCUT2D eigenvalue weighted by Crippen LogP contribution is 2.30. The van der Waals surface area contributed by atoms with Gasteiger partial charge in [0, 0.05) is 17.2 Å². The number of carbonyl (C=O) groups is 1. The van der Waals surface area contributed by atoms with Crippen LogP contribution in [-0.2, 0) is 4.79 Å². The van der Waals surface area contributed by atoms with E-state index in [1.54, 1.807) is 6.20 Å². The Bertz CT molecular complexity index is 1470. The lowest BCUT2D eigenvalue weighted by Crippen LogP contribution is -2.15. The van der Waals surface area contributed by atoms with Crippen LogP contribution in [0.25, 0.3) is 27.8 Å². The molecule has 1 amide bonds. The second-order valence-electron chi connectivity index (χ2n) is 8.42. The van der Waals surface area contributed by atoms with Crippen molar-refractivity contribution < 1.29 is 4.79 Å². The number of nitrogens with zero attached hydrogens (tertiary/aromatic N) is 4. The first-order valence-corrected chi connectivity index (χ1v) is 12.5. The monoisotopic (exact) mass is 479 g/mol. The second kappa shape index (κ2) is 10.1. The quantitative estimate of drug-likeness (QED) is 0.218. The van der Waals surface area contributed by atoms with Crippen molar-refractivity contribution >= 4 is 34.4 Å². The molecule has 3 aromatic carbocycles. The Hall–Kier alpha value is -3.97. The summed E-state index contributed by atoms with van der Waals surface area (Å²) in [5.74, 6) is 1.01. The predicted octanol–water partition coefficient (Wildman–Crippen LogP) is 6.34. The molecule has 0 atom stereocenters. The third-order valence-electron chi connectivity index (χ3n) is 5.55. The average molecular weight is 480 g/mol. The molecule has 6 nitrogen and oxygen atoms in total. The smallest absolute Gasteiger partial charge is 0.234 e. The Morgan fingerprint density at radius 2 is 1.60 bits per heavy atom. The van der Waals surface area contributed by atoms with E-state index in [2.05, 4.69) is 24.3 Å². The Morgan fingerprint density at radius 3 is 2.34 bits per heavy atom. The van der Waals surface area contributed by atoms with E-state index in [0.717, 1.165) is 44.4 Å². The highest BCUT2D eigenvalue weighted by atomic mass is 32.2. The summed E-state index contributed by atoms with van der Waals surface area (Å²) < 4.78 is 1.82. The van der Waals surface area contributed by atoms with E-state index < -0.39 is 0 Å². The standard InChI is InChI=1S/C28H25N5OS/c1-19(2)26-31-27-23(17-29-33(27)21-13-7-4-8-14-21)28(32-26)35-18-25(34)30-24-16-10-9-15-22(24)20-11-5-3-6-12-20/h3-17,19H,18H2,1-2H3,(H,30,34). The number of amides is 1. The van der Waals surface area contributed by atoms with Crippen LogP contribution < -0.4 is 5.32 Å². The minimum absolute atomic E-state index is 0.0910. The van der Waals surface area contributed by atoms with Gasteiger partial charge >= 0.3 is 0 Å². The third kappa shape index (κ3) is 4.95. The molecular weight excluding hydrogens is 454 g/mol. The maximum absolute atomic E-state index is 13.0. The largest absolute Gasteiger partial charge is 0.325 e. The van der Waals surface area contributed by atoms with Crippen LogP contribution >= 0.6 is 11.8 Å². The van der Waals surface area contributed by atoms with Gasteiger partial charge in [0.25, 0.3) is 0 Å². The number of rotatable bonds is 7. The van der Waals surface area contributed by atoms with Crippen molar-refractivity contribution in [1.82, 2.24) is 19.7 Å². The summed E-state index contributed by atoms with van der Waals surface area (Å²) in [6.07, 6.45) is 1.78. The van der Waals surface area contributed by atoms with Crippen LogP contribution in [0, 0.1) is 0 Å². The molecule has 5 rings (SSSR count). The van der Waals surface area contributed by atoms with Gasteiger partial charge in [0.1, 0.15) is 10.9 Å². The maximum Gasteiger partial charge on any atom is 0.234 e. The zero-order valence-electron chi connectivity index (χ0n) is 19.6. The molecule has 0 saturated carbocycles. The number of para-hydroxylation sites is 2. The van der Waals surface area contributed by atoms with Crippen molar-refractivity contribution in [1.29, 1.82) is 0 Å². The van der Waals surface area contributed by atoms with E-state index in [9.17, 15) is 4.79 Å². The molecule has 0 bridgehead atoms. The molecule has 0 radical (unpaired) electrons. The van der Waals surface area contributed by atoms with Gasteiger partial charge in [0.15, 0.2) is 5.65 Å². The number of anilines is 1. The molecule has 0 fully saturated rings. The van der Waals surface area contributed by atoms with Crippen molar-refractivity contribution in [3.63, 3.8) is 0 Å². The van der Waals surface area contributed by atoms with Crippen molar-refractivity contribution in [2.45, 2.75) is 24.8 Å². The zero-order chi connectivity index (χ0) is 24.2. The molecular formula is C28H25N5OS. The summed E-state index contributed by atoms with van der Waals surface area (Å²) >= 11 is 1.40. The molecule has 0 spiro atoms. The number of hydrogen-bond acceptors (Lipinski definition) is 5. The van der Waals surface area contributed by atoms with E-state index in [1.807, 2.05) is 89.6 Å². The van der Waals surface area contributed by atoms with Crippen LogP contribution in [-0.4, -0.2) is 31.4 Å². The highest BCUT2D eigenvalue weighted by Gasteiger charge is 2.17. The Morgan fingerprint density at radius 1 is 0.914 bits per heavy atom. The molecule has 7 heteroatoms. The SMILES string of the molecule is CC(C)c1nc(SCC(=O)Nc2ccccc2-c2ccccc2)c2cnn(-c3ccccc3)c2n1. The fourth-order valence-electron chi connectivity index (χ4n) is 3.81. The number of hydrogen-bond donors (Lipinski definition) is 1. The fourth-order valence-corrected chi connectivity index (χ4v) is 4.60. The number of nitrogens with one attached hydrogen (secondary N) is 1. The van der Waals surface area contributed by atoms with Gasteiger partial charge in [-0.1, -0.05) is 92.3 Å². The number of aromatic nitrogens is 4. The van der Waals surface area contributed by atoms with Gasteiger partial charge in [0.2, 0.25) is 5.91 Å². The summed E-state index contributed by atoms with van der Waals surface area (Å²) in [6.45, 7) is 4.12. The van der Waals surface area contributed by atoms with Crippen LogP contribution in [0.4, 0.5) is 5.69 Å². The van der Waals surface area contributed by atoms with Gasteiger partial charge in [-0.3, -0.25) is 4.79 Å². The van der Waals surface area contributed by atoms with Crippen LogP contribution in [0.5, 0.6) is 0 Å². The molecule has 35 heavy (non-hydrogen) atoms. The lowest BCUT2D eigenvalue weighted by Gasteiger charge is -2.12. The van der Waals surface area contributed by atoms with E-state index in [0.29, 0.717) is 0 Å². The van der Waals surface area contributed by atoms with E-state index in [4.69, 9.17) is 9.97 Å². The van der Waals surface area contributed by atoms with Crippen LogP contribution in [0.15, 0.2) is 96.2 Å². The topological polar surface area (TPSA) is 72.7 Å². The van der Waals surface area contributed by atoms with Crippen molar-refractivity contribution in [3.8, 4) is 16.8 Å². The van der Waals surface area contributed by atoms with Gasteiger partial charge in [-0.2, -0.15) is 5.10 Å². The minimum atomic E-state index is -0.0910. The first kappa shape index (κ1) is 22.8. The van der Waals surface area contributed by atoms with Crippen molar-refractivity contribution in [2.75, 3.05) is 11.1 Å². The van der Waals surface area contributed by atoms with Gasteiger partial charge in [-0.15, -0.1) is 0 Å². The number of fused-ring (bicyclic) bond motifs is 1. The normalized spacial score (nSPS) is 11.2. The van der Waals surface area contributed by atoms with Crippen LogP contribution in [0.1, 0.15) is 25.6 Å². The molecule has 1 N–H and O–H groups in total. The van der Waals surface area contributed by atoms with Gasteiger partial charge in [0.05, 0.1) is 23.0 Å². The summed E-state index contributed by atoms with van der Waals surface area (Å²) in [5, 5.41) is 9.23. The lowest BCUT2D eigenvalue weighted by atomic mass is 10.0. The van der Waals surface area contributed by atoms with E-state index in [-0.39, 0.29) is 17.6 Å². The lowest BCUT2D eigenvalue weighted by molar-refractivity contribution is -0.113. The second-order valence-corrected chi connectivity index (χ2v) is 9.38. The Balaban J connectivity index is 1.40. The summed E-state index contributed by atoms with van der Waals surface area (Å²) in [4.78, 5) is 22.5. The number of benzene rings is 3. The Labute approximate surface area is 208 Å².